The summed E-state index contributed by atoms with van der Waals surface area (Å²) in [5, 5.41) is 6.38. The van der Waals surface area contributed by atoms with Gasteiger partial charge in [0.2, 0.25) is 0 Å². The third-order valence-electron chi connectivity index (χ3n) is 4.55. The van der Waals surface area contributed by atoms with Crippen LogP contribution >= 0.6 is 27.5 Å². The minimum absolute atomic E-state index is 0.428. The van der Waals surface area contributed by atoms with Gasteiger partial charge in [0.05, 0.1) is 16.4 Å². The summed E-state index contributed by atoms with van der Waals surface area (Å²) in [4.78, 5) is 0. The van der Waals surface area contributed by atoms with Crippen LogP contribution in [0.1, 0.15) is 30.7 Å². The predicted octanol–water partition coefficient (Wildman–Crippen LogP) is 3.74. The second-order valence-electron chi connectivity index (χ2n) is 5.94. The maximum absolute atomic E-state index is 6.36. The number of halogens is 2. The predicted molar refractivity (Wildman–Crippen MR) is 73.7 cm³/mol. The fraction of sp³-hybridized carbons (Fsp3) is 0.769. The molecule has 4 heteroatoms. The van der Waals surface area contributed by atoms with Crippen molar-refractivity contribution in [2.24, 2.45) is 24.3 Å². The van der Waals surface area contributed by atoms with Crippen molar-refractivity contribution in [1.82, 2.24) is 9.78 Å². The van der Waals surface area contributed by atoms with Crippen molar-refractivity contribution in [2.45, 2.75) is 32.6 Å². The molecule has 0 aliphatic heterocycles. The Morgan fingerprint density at radius 2 is 2.12 bits per heavy atom. The molecule has 2 saturated carbocycles. The van der Waals surface area contributed by atoms with Crippen LogP contribution in [0.25, 0.3) is 0 Å². The number of nitrogens with zero attached hydrogens (tertiary/aromatic N) is 2. The van der Waals surface area contributed by atoms with Gasteiger partial charge in [-0.15, -0.1) is 0 Å². The van der Waals surface area contributed by atoms with Gasteiger partial charge in [-0.05, 0) is 49.9 Å². The van der Waals surface area contributed by atoms with Crippen LogP contribution in [0.5, 0.6) is 0 Å². The molecule has 1 aromatic heterocycles. The quantitative estimate of drug-likeness (QED) is 0.777. The summed E-state index contributed by atoms with van der Waals surface area (Å²) in [7, 11) is 2.01. The van der Waals surface area contributed by atoms with Gasteiger partial charge < -0.3 is 0 Å². The molecule has 2 aliphatic rings. The van der Waals surface area contributed by atoms with E-state index in [4.69, 9.17) is 11.6 Å². The molecule has 0 bridgehead atoms. The van der Waals surface area contributed by atoms with Crippen LogP contribution in [0.15, 0.2) is 0 Å². The zero-order chi connectivity index (χ0) is 12.2. The molecule has 0 saturated heterocycles. The SMILES string of the molecule is Cc1nn(C)c(CC2(CBr)CC3CC3C2)c1Cl. The lowest BCUT2D eigenvalue weighted by atomic mass is 9.80. The van der Waals surface area contributed by atoms with E-state index in [0.717, 1.165) is 34.3 Å². The van der Waals surface area contributed by atoms with Crippen molar-refractivity contribution in [3.05, 3.63) is 16.4 Å². The molecule has 0 spiro atoms. The largest absolute Gasteiger partial charge is 0.271 e. The number of aromatic nitrogens is 2. The lowest BCUT2D eigenvalue weighted by Crippen LogP contribution is -2.25. The first-order valence-corrected chi connectivity index (χ1v) is 7.78. The molecule has 3 rings (SSSR count). The molecule has 2 fully saturated rings. The Morgan fingerprint density at radius 1 is 1.47 bits per heavy atom. The molecule has 2 nitrogen and oxygen atoms in total. The smallest absolute Gasteiger partial charge is 0.0847 e. The molecular weight excluding hydrogens is 300 g/mol. The minimum Gasteiger partial charge on any atom is -0.271 e. The van der Waals surface area contributed by atoms with Gasteiger partial charge in [0.1, 0.15) is 0 Å². The van der Waals surface area contributed by atoms with Crippen molar-refractivity contribution in [1.29, 1.82) is 0 Å². The Morgan fingerprint density at radius 3 is 2.59 bits per heavy atom. The molecule has 2 atom stereocenters. The molecule has 2 aliphatic carbocycles. The van der Waals surface area contributed by atoms with Crippen LogP contribution in [0.4, 0.5) is 0 Å². The van der Waals surface area contributed by atoms with Crippen molar-refractivity contribution in [3.8, 4) is 0 Å². The Hall–Kier alpha value is -0.0200. The maximum atomic E-state index is 6.36. The summed E-state index contributed by atoms with van der Waals surface area (Å²) in [6.45, 7) is 1.98. The molecule has 1 heterocycles. The highest BCUT2D eigenvalue weighted by Gasteiger charge is 2.53. The van der Waals surface area contributed by atoms with Gasteiger partial charge in [-0.2, -0.15) is 5.10 Å². The van der Waals surface area contributed by atoms with E-state index in [1.807, 2.05) is 18.7 Å². The van der Waals surface area contributed by atoms with Gasteiger partial charge >= 0.3 is 0 Å². The normalized spacial score (nSPS) is 35.1. The lowest BCUT2D eigenvalue weighted by molar-refractivity contribution is 0.301. The Kier molecular flexibility index (Phi) is 2.82. The van der Waals surface area contributed by atoms with Gasteiger partial charge in [0, 0.05) is 12.4 Å². The number of aryl methyl sites for hydroxylation is 2. The number of rotatable bonds is 3. The summed E-state index contributed by atoms with van der Waals surface area (Å²) in [5.74, 6) is 2.00. The molecule has 0 radical (unpaired) electrons. The first-order valence-electron chi connectivity index (χ1n) is 6.28. The molecule has 0 amide bonds. The van der Waals surface area contributed by atoms with Gasteiger partial charge in [-0.25, -0.2) is 0 Å². The second kappa shape index (κ2) is 3.99. The topological polar surface area (TPSA) is 17.8 Å². The van der Waals surface area contributed by atoms with E-state index in [9.17, 15) is 0 Å². The van der Waals surface area contributed by atoms with E-state index in [1.165, 1.54) is 25.0 Å². The van der Waals surface area contributed by atoms with Gasteiger partial charge in [0.15, 0.2) is 0 Å². The first kappa shape index (κ1) is 12.0. The summed E-state index contributed by atoms with van der Waals surface area (Å²) >= 11 is 10.1. The van der Waals surface area contributed by atoms with Crippen molar-refractivity contribution in [3.63, 3.8) is 0 Å². The van der Waals surface area contributed by atoms with Crippen molar-refractivity contribution < 1.29 is 0 Å². The van der Waals surface area contributed by atoms with Crippen LogP contribution in [0, 0.1) is 24.2 Å². The van der Waals surface area contributed by atoms with E-state index >= 15 is 0 Å². The van der Waals surface area contributed by atoms with Crippen molar-refractivity contribution in [2.75, 3.05) is 5.33 Å². The first-order chi connectivity index (χ1) is 8.04. The number of alkyl halides is 1. The third kappa shape index (κ3) is 1.95. The number of hydrogen-bond acceptors (Lipinski definition) is 1. The van der Waals surface area contributed by atoms with E-state index in [1.54, 1.807) is 0 Å². The molecule has 0 aromatic carbocycles. The van der Waals surface area contributed by atoms with E-state index in [-0.39, 0.29) is 0 Å². The van der Waals surface area contributed by atoms with Crippen LogP contribution in [-0.4, -0.2) is 15.1 Å². The third-order valence-corrected chi connectivity index (χ3v) is 6.23. The van der Waals surface area contributed by atoms with E-state index < -0.39 is 0 Å². The zero-order valence-electron chi connectivity index (χ0n) is 10.3. The second-order valence-corrected chi connectivity index (χ2v) is 6.88. The Labute approximate surface area is 116 Å². The molecule has 1 aromatic rings. The summed E-state index contributed by atoms with van der Waals surface area (Å²) in [6, 6.07) is 0. The summed E-state index contributed by atoms with van der Waals surface area (Å²) in [5.41, 5.74) is 2.60. The average Bonchev–Trinajstić information content (AvgIpc) is 2.85. The van der Waals surface area contributed by atoms with Crippen LogP contribution in [0.2, 0.25) is 5.02 Å². The van der Waals surface area contributed by atoms with Gasteiger partial charge in [-0.3, -0.25) is 4.68 Å². The van der Waals surface area contributed by atoms with Gasteiger partial charge in [-0.1, -0.05) is 27.5 Å². The summed E-state index contributed by atoms with van der Waals surface area (Å²) < 4.78 is 1.96. The molecule has 94 valence electrons. The van der Waals surface area contributed by atoms with Crippen LogP contribution < -0.4 is 0 Å². The molecule has 2 unspecified atom stereocenters. The highest BCUT2D eigenvalue weighted by molar-refractivity contribution is 9.09. The van der Waals surface area contributed by atoms with Crippen molar-refractivity contribution >= 4 is 27.5 Å². The monoisotopic (exact) mass is 316 g/mol. The average molecular weight is 318 g/mol. The van der Waals surface area contributed by atoms with Gasteiger partial charge in [0.25, 0.3) is 0 Å². The highest BCUT2D eigenvalue weighted by Crippen LogP contribution is 2.61. The fourth-order valence-electron chi connectivity index (χ4n) is 3.53. The summed E-state index contributed by atoms with van der Waals surface area (Å²) in [6.07, 6.45) is 5.27. The standard InChI is InChI=1S/C13H18BrClN2/c1-8-12(15)11(17(2)16-8)6-13(7-14)4-9-3-10(9)5-13/h9-10H,3-7H2,1-2H3. The van der Waals surface area contributed by atoms with Crippen LogP contribution in [-0.2, 0) is 13.5 Å². The Bertz CT molecular complexity index is 445. The van der Waals surface area contributed by atoms with E-state index in [0.29, 0.717) is 5.41 Å². The fourth-order valence-corrected chi connectivity index (χ4v) is 4.42. The maximum Gasteiger partial charge on any atom is 0.0847 e. The van der Waals surface area contributed by atoms with Crippen LogP contribution in [0.3, 0.4) is 0 Å². The lowest BCUT2D eigenvalue weighted by Gasteiger charge is -2.28. The minimum atomic E-state index is 0.428. The van der Waals surface area contributed by atoms with E-state index in [2.05, 4.69) is 21.0 Å². The highest BCUT2D eigenvalue weighted by atomic mass is 79.9. The number of hydrogen-bond donors (Lipinski definition) is 0. The molecular formula is C13H18BrClN2. The molecule has 17 heavy (non-hydrogen) atoms. The Balaban J connectivity index is 1.85. The molecule has 0 N–H and O–H groups in total. The number of fused-ring (bicyclic) bond motifs is 1. The zero-order valence-corrected chi connectivity index (χ0v) is 12.7.